The summed E-state index contributed by atoms with van der Waals surface area (Å²) < 4.78 is 16.6. The van der Waals surface area contributed by atoms with E-state index in [2.05, 4.69) is 5.32 Å². The van der Waals surface area contributed by atoms with Crippen molar-refractivity contribution in [1.29, 1.82) is 0 Å². The van der Waals surface area contributed by atoms with E-state index in [9.17, 15) is 35.4 Å². The first-order valence-electron chi connectivity index (χ1n) is 9.67. The van der Waals surface area contributed by atoms with Crippen LogP contribution in [0.2, 0.25) is 0 Å². The van der Waals surface area contributed by atoms with Crippen LogP contribution >= 0.6 is 0 Å². The van der Waals surface area contributed by atoms with Gasteiger partial charge >= 0.3 is 0 Å². The van der Waals surface area contributed by atoms with Crippen LogP contribution in [-0.2, 0) is 19.0 Å². The Labute approximate surface area is 170 Å². The van der Waals surface area contributed by atoms with Crippen LogP contribution in [0.15, 0.2) is 0 Å². The summed E-state index contributed by atoms with van der Waals surface area (Å²) in [6, 6.07) is -0.743. The van der Waals surface area contributed by atoms with E-state index in [1.807, 2.05) is 13.8 Å². The Balaban J connectivity index is 2.92. The highest BCUT2D eigenvalue weighted by Crippen LogP contribution is 2.23. The van der Waals surface area contributed by atoms with Gasteiger partial charge in [-0.15, -0.1) is 0 Å². The smallest absolute Gasteiger partial charge is 0.217 e. The lowest BCUT2D eigenvalue weighted by molar-refractivity contribution is -0.303. The number of rotatable bonds is 11. The van der Waals surface area contributed by atoms with E-state index in [1.54, 1.807) is 0 Å². The predicted octanol–water partition coefficient (Wildman–Crippen LogP) is -2.91. The largest absolute Gasteiger partial charge is 0.394 e. The highest BCUT2D eigenvalue weighted by atomic mass is 16.7. The molecule has 172 valence electrons. The molecule has 1 aliphatic heterocycles. The molecule has 1 fully saturated rings. The van der Waals surface area contributed by atoms with Gasteiger partial charge in [0.25, 0.3) is 0 Å². The van der Waals surface area contributed by atoms with Gasteiger partial charge in [-0.2, -0.15) is 0 Å². The maximum atomic E-state index is 11.7. The SMILES string of the molecule is CC(=O)N[C@@H](COC1OC(CO)C(O)C(O)C1O)C(OC(CO)[C@H](C)O)C(C)C. The van der Waals surface area contributed by atoms with E-state index < -0.39 is 68.3 Å². The van der Waals surface area contributed by atoms with Gasteiger partial charge in [-0.3, -0.25) is 4.79 Å². The van der Waals surface area contributed by atoms with E-state index >= 15 is 0 Å². The van der Waals surface area contributed by atoms with Gasteiger partial charge in [0.1, 0.15) is 30.5 Å². The minimum absolute atomic E-state index is 0.155. The molecule has 0 aromatic heterocycles. The van der Waals surface area contributed by atoms with Gasteiger partial charge in [-0.05, 0) is 12.8 Å². The molecule has 1 saturated heterocycles. The molecule has 11 nitrogen and oxygen atoms in total. The number of ether oxygens (including phenoxy) is 3. The zero-order valence-corrected chi connectivity index (χ0v) is 17.2. The summed E-state index contributed by atoms with van der Waals surface area (Å²) in [5, 5.41) is 60.9. The molecule has 1 rings (SSSR count). The molecule has 29 heavy (non-hydrogen) atoms. The van der Waals surface area contributed by atoms with Crippen molar-refractivity contribution in [3.05, 3.63) is 0 Å². The molecule has 1 amide bonds. The van der Waals surface area contributed by atoms with Gasteiger partial charge in [-0.1, -0.05) is 13.8 Å². The topological polar surface area (TPSA) is 178 Å². The standard InChI is InChI=1S/C18H35NO10/c1-8(2)17(28-12(5-20)9(3)22)11(19-10(4)23)7-27-18-16(26)15(25)14(24)13(6-21)29-18/h8-9,11-18,20-22,24-26H,5-7H2,1-4H3,(H,19,23)/t9-,11-,12?,13?,14?,15?,16?,17?,18?/m0/s1. The molecule has 1 aliphatic rings. The highest BCUT2D eigenvalue weighted by molar-refractivity contribution is 5.73. The highest BCUT2D eigenvalue weighted by Gasteiger charge is 2.44. The second kappa shape index (κ2) is 12.1. The molecule has 0 radical (unpaired) electrons. The first-order valence-corrected chi connectivity index (χ1v) is 9.67. The Bertz CT molecular complexity index is 489. The van der Waals surface area contributed by atoms with E-state index in [-0.39, 0.29) is 18.4 Å². The van der Waals surface area contributed by atoms with Gasteiger partial charge in [0.2, 0.25) is 5.91 Å². The average Bonchev–Trinajstić information content (AvgIpc) is 2.64. The van der Waals surface area contributed by atoms with Crippen molar-refractivity contribution in [2.45, 2.75) is 82.8 Å². The van der Waals surface area contributed by atoms with Crippen molar-refractivity contribution in [1.82, 2.24) is 5.32 Å². The molecule has 0 spiro atoms. The monoisotopic (exact) mass is 425 g/mol. The molecule has 0 aromatic carbocycles. The van der Waals surface area contributed by atoms with E-state index in [4.69, 9.17) is 14.2 Å². The van der Waals surface area contributed by atoms with Crippen LogP contribution in [0.5, 0.6) is 0 Å². The maximum Gasteiger partial charge on any atom is 0.217 e. The number of aliphatic hydroxyl groups is 6. The van der Waals surface area contributed by atoms with Gasteiger partial charge in [0.05, 0.1) is 38.1 Å². The molecule has 9 atom stereocenters. The lowest BCUT2D eigenvalue weighted by atomic mass is 9.98. The first-order chi connectivity index (χ1) is 13.5. The van der Waals surface area contributed by atoms with Crippen LogP contribution < -0.4 is 5.32 Å². The number of carbonyl (C=O) groups excluding carboxylic acids is 1. The van der Waals surface area contributed by atoms with Crippen molar-refractivity contribution in [3.8, 4) is 0 Å². The summed E-state index contributed by atoms with van der Waals surface area (Å²) in [5.74, 6) is -0.530. The van der Waals surface area contributed by atoms with E-state index in [0.717, 1.165) is 0 Å². The molecule has 7 unspecified atom stereocenters. The number of amides is 1. The van der Waals surface area contributed by atoms with Crippen LogP contribution in [0.3, 0.4) is 0 Å². The Morgan fingerprint density at radius 1 is 1.10 bits per heavy atom. The van der Waals surface area contributed by atoms with Crippen LogP contribution in [0.25, 0.3) is 0 Å². The first kappa shape index (κ1) is 26.1. The third-order valence-corrected chi connectivity index (χ3v) is 4.78. The minimum Gasteiger partial charge on any atom is -0.394 e. The predicted molar refractivity (Wildman–Crippen MR) is 99.6 cm³/mol. The Kier molecular flexibility index (Phi) is 10.9. The minimum atomic E-state index is -1.59. The van der Waals surface area contributed by atoms with Gasteiger partial charge in [0, 0.05) is 6.92 Å². The van der Waals surface area contributed by atoms with Crippen molar-refractivity contribution in [2.24, 2.45) is 5.92 Å². The zero-order chi connectivity index (χ0) is 22.3. The molecular formula is C18H35NO10. The lowest BCUT2D eigenvalue weighted by Crippen LogP contribution is -2.60. The van der Waals surface area contributed by atoms with Gasteiger partial charge in [0.15, 0.2) is 6.29 Å². The average molecular weight is 425 g/mol. The normalized spacial score (nSPS) is 31.9. The van der Waals surface area contributed by atoms with Crippen LogP contribution in [0.1, 0.15) is 27.7 Å². The Hall–Kier alpha value is -0.890. The third kappa shape index (κ3) is 7.39. The fourth-order valence-corrected chi connectivity index (χ4v) is 3.11. The van der Waals surface area contributed by atoms with Crippen molar-refractivity contribution < 1.29 is 49.6 Å². The second-order valence-electron chi connectivity index (χ2n) is 7.64. The number of carbonyl (C=O) groups is 1. The molecule has 11 heteroatoms. The summed E-state index contributed by atoms with van der Waals surface area (Å²) >= 11 is 0. The van der Waals surface area contributed by atoms with Crippen molar-refractivity contribution in [3.63, 3.8) is 0 Å². The molecule has 0 bridgehead atoms. The summed E-state index contributed by atoms with van der Waals surface area (Å²) in [6.45, 7) is 5.19. The van der Waals surface area contributed by atoms with Crippen LogP contribution in [0.4, 0.5) is 0 Å². The fourth-order valence-electron chi connectivity index (χ4n) is 3.11. The van der Waals surface area contributed by atoms with E-state index in [1.165, 1.54) is 13.8 Å². The second-order valence-corrected chi connectivity index (χ2v) is 7.64. The van der Waals surface area contributed by atoms with Gasteiger partial charge in [-0.25, -0.2) is 0 Å². The van der Waals surface area contributed by atoms with E-state index in [0.29, 0.717) is 0 Å². The fraction of sp³-hybridized carbons (Fsp3) is 0.944. The molecule has 0 saturated carbocycles. The third-order valence-electron chi connectivity index (χ3n) is 4.78. The molecule has 0 aromatic rings. The van der Waals surface area contributed by atoms with Crippen LogP contribution in [0, 0.1) is 5.92 Å². The summed E-state index contributed by atoms with van der Waals surface area (Å²) in [7, 11) is 0. The summed E-state index contributed by atoms with van der Waals surface area (Å²) in [5.41, 5.74) is 0. The Morgan fingerprint density at radius 3 is 2.17 bits per heavy atom. The number of nitrogens with one attached hydrogen (secondary N) is 1. The zero-order valence-electron chi connectivity index (χ0n) is 17.2. The molecule has 0 aliphatic carbocycles. The maximum absolute atomic E-state index is 11.7. The number of hydrogen-bond acceptors (Lipinski definition) is 10. The lowest BCUT2D eigenvalue weighted by Gasteiger charge is -2.41. The summed E-state index contributed by atoms with van der Waals surface area (Å²) in [6.07, 6.45) is -9.66. The Morgan fingerprint density at radius 2 is 1.72 bits per heavy atom. The molecular weight excluding hydrogens is 390 g/mol. The van der Waals surface area contributed by atoms with Crippen molar-refractivity contribution in [2.75, 3.05) is 19.8 Å². The van der Waals surface area contributed by atoms with Crippen LogP contribution in [-0.4, -0.2) is 111 Å². The summed E-state index contributed by atoms with van der Waals surface area (Å²) in [4.78, 5) is 11.7. The molecule has 7 N–H and O–H groups in total. The number of aliphatic hydroxyl groups excluding tert-OH is 6. The quantitative estimate of drug-likeness (QED) is 0.181. The van der Waals surface area contributed by atoms with Gasteiger partial charge < -0.3 is 50.2 Å². The van der Waals surface area contributed by atoms with Crippen molar-refractivity contribution >= 4 is 5.91 Å². The number of hydrogen-bond donors (Lipinski definition) is 7. The molecule has 1 heterocycles.